The molecule has 11 heteroatoms. The van der Waals surface area contributed by atoms with E-state index in [9.17, 15) is 35.5 Å². The monoisotopic (exact) mass is 506 g/mol. The van der Waals surface area contributed by atoms with Crippen LogP contribution in [-0.2, 0) is 12.4 Å². The number of rotatable bonds is 6. The minimum absolute atomic E-state index is 0.0391. The number of ether oxygens (including phenoxy) is 1. The average Bonchev–Trinajstić information content (AvgIpc) is 3.31. The molecule has 35 heavy (non-hydrogen) atoms. The number of halogens is 7. The molecule has 1 amide bonds. The molecule has 1 aliphatic heterocycles. The Labute approximate surface area is 198 Å². The molecule has 1 heterocycles. The highest BCUT2D eigenvalue weighted by Crippen LogP contribution is 2.42. The minimum atomic E-state index is -5.29. The first-order valence-corrected chi connectivity index (χ1v) is 10.8. The lowest BCUT2D eigenvalue weighted by Gasteiger charge is -2.42. The molecule has 1 fully saturated rings. The first-order valence-electron chi connectivity index (χ1n) is 10.8. The molecule has 2 aromatic carbocycles. The maximum Gasteiger partial charge on any atom is 0.417 e. The zero-order chi connectivity index (χ0) is 26.2. The van der Waals surface area contributed by atoms with Crippen LogP contribution in [0.2, 0.25) is 0 Å². The molecule has 4 nitrogen and oxygen atoms in total. The van der Waals surface area contributed by atoms with Crippen LogP contribution in [0.1, 0.15) is 59.8 Å². The number of likely N-dealkylation sites (tertiary alicyclic amines) is 1. The molecule has 3 rings (SSSR count). The van der Waals surface area contributed by atoms with Gasteiger partial charge in [0.15, 0.2) is 0 Å². The second kappa shape index (κ2) is 9.67. The fourth-order valence-corrected chi connectivity index (χ4v) is 4.42. The average molecular weight is 506 g/mol. The van der Waals surface area contributed by atoms with E-state index < -0.39 is 58.1 Å². The number of nitrogens with one attached hydrogen (secondary N) is 1. The molecule has 1 unspecified atom stereocenters. The van der Waals surface area contributed by atoms with Crippen LogP contribution in [0.3, 0.4) is 0 Å². The Hall–Kier alpha value is -2.82. The first-order chi connectivity index (χ1) is 16.2. The van der Waals surface area contributed by atoms with Crippen molar-refractivity contribution in [2.24, 2.45) is 0 Å². The molecule has 1 saturated heterocycles. The van der Waals surface area contributed by atoms with E-state index >= 15 is 0 Å². The number of amides is 1. The zero-order valence-electron chi connectivity index (χ0n) is 19.3. The Morgan fingerprint density at radius 3 is 2.11 bits per heavy atom. The van der Waals surface area contributed by atoms with Gasteiger partial charge in [0.05, 0.1) is 29.8 Å². The molecule has 0 aromatic heterocycles. The Balaban J connectivity index is 2.15. The van der Waals surface area contributed by atoms with Crippen molar-refractivity contribution in [3.8, 4) is 5.75 Å². The predicted molar refractivity (Wildman–Crippen MR) is 114 cm³/mol. The topological polar surface area (TPSA) is 41.6 Å². The van der Waals surface area contributed by atoms with Crippen LogP contribution >= 0.6 is 0 Å². The van der Waals surface area contributed by atoms with E-state index in [4.69, 9.17) is 4.74 Å². The van der Waals surface area contributed by atoms with Crippen LogP contribution in [-0.4, -0.2) is 36.5 Å². The van der Waals surface area contributed by atoms with E-state index in [1.54, 1.807) is 13.8 Å². The van der Waals surface area contributed by atoms with Crippen molar-refractivity contribution in [1.82, 2.24) is 10.2 Å². The quantitative estimate of drug-likeness (QED) is 0.474. The van der Waals surface area contributed by atoms with Crippen molar-refractivity contribution >= 4 is 5.91 Å². The normalized spacial score (nSPS) is 16.3. The number of hydrogen-bond donors (Lipinski definition) is 1. The smallest absolute Gasteiger partial charge is 0.417 e. The van der Waals surface area contributed by atoms with Gasteiger partial charge in [0.2, 0.25) is 0 Å². The fourth-order valence-electron chi connectivity index (χ4n) is 4.42. The van der Waals surface area contributed by atoms with E-state index in [0.29, 0.717) is 19.2 Å². The molecule has 2 aromatic rings. The number of methoxy groups -OCH3 is 1. The lowest BCUT2D eigenvalue weighted by molar-refractivity contribution is -0.143. The second-order valence-electron chi connectivity index (χ2n) is 8.87. The Bertz CT molecular complexity index is 1070. The third-order valence-corrected chi connectivity index (χ3v) is 6.30. The molecule has 0 saturated carbocycles. The molecule has 0 spiro atoms. The van der Waals surface area contributed by atoms with Gasteiger partial charge >= 0.3 is 12.4 Å². The van der Waals surface area contributed by atoms with Gasteiger partial charge in [-0.3, -0.25) is 9.69 Å². The van der Waals surface area contributed by atoms with Crippen LogP contribution in [0.25, 0.3) is 0 Å². The fraction of sp³-hybridized carbons (Fsp3) is 0.458. The Morgan fingerprint density at radius 2 is 1.60 bits per heavy atom. The van der Waals surface area contributed by atoms with Crippen LogP contribution in [0.15, 0.2) is 36.4 Å². The standard InChI is InChI=1S/C24H25F7N2O2/c1-22(2,33-10-6-7-11-33)20(15-8-4-5-9-17(15)25)32-21(34)19-16(24(29,30)31)12-14(23(26,27)28)13-18(19)35-3/h4-5,8-9,12-13,20H,6-7,10-11H2,1-3H3,(H,32,34). The number of alkyl halides is 6. The number of carbonyl (C=O) groups is 1. The summed E-state index contributed by atoms with van der Waals surface area (Å²) in [5.41, 5.74) is -5.41. The number of hydrogen-bond acceptors (Lipinski definition) is 3. The minimum Gasteiger partial charge on any atom is -0.496 e. The van der Waals surface area contributed by atoms with Crippen molar-refractivity contribution in [2.75, 3.05) is 20.2 Å². The van der Waals surface area contributed by atoms with E-state index in [1.807, 2.05) is 4.90 Å². The van der Waals surface area contributed by atoms with Gasteiger partial charge < -0.3 is 10.1 Å². The zero-order valence-corrected chi connectivity index (χ0v) is 19.3. The van der Waals surface area contributed by atoms with Crippen LogP contribution in [0.4, 0.5) is 30.7 Å². The van der Waals surface area contributed by atoms with Crippen molar-refractivity contribution in [2.45, 2.75) is 50.6 Å². The third-order valence-electron chi connectivity index (χ3n) is 6.30. The van der Waals surface area contributed by atoms with Gasteiger partial charge in [0, 0.05) is 11.1 Å². The highest BCUT2D eigenvalue weighted by molar-refractivity contribution is 5.99. The van der Waals surface area contributed by atoms with Crippen LogP contribution in [0.5, 0.6) is 5.75 Å². The summed E-state index contributed by atoms with van der Waals surface area (Å²) in [7, 11) is 0.870. The molecule has 1 aliphatic rings. The summed E-state index contributed by atoms with van der Waals surface area (Å²) in [6, 6.07) is 4.62. The van der Waals surface area contributed by atoms with Gasteiger partial charge in [-0.15, -0.1) is 0 Å². The molecule has 0 bridgehead atoms. The molecular formula is C24H25F7N2O2. The van der Waals surface area contributed by atoms with Gasteiger partial charge in [0.1, 0.15) is 11.6 Å². The van der Waals surface area contributed by atoms with E-state index in [2.05, 4.69) is 5.32 Å². The molecule has 0 aliphatic carbocycles. The third kappa shape index (κ3) is 5.55. The molecule has 0 radical (unpaired) electrons. The Morgan fingerprint density at radius 1 is 1.00 bits per heavy atom. The number of benzene rings is 2. The van der Waals surface area contributed by atoms with E-state index in [1.165, 1.54) is 18.2 Å². The maximum absolute atomic E-state index is 14.8. The van der Waals surface area contributed by atoms with Gasteiger partial charge in [-0.2, -0.15) is 26.3 Å². The van der Waals surface area contributed by atoms with Gasteiger partial charge in [0.25, 0.3) is 5.91 Å². The summed E-state index contributed by atoms with van der Waals surface area (Å²) < 4.78 is 101. The molecule has 1 N–H and O–H groups in total. The first kappa shape index (κ1) is 26.8. The van der Waals surface area contributed by atoms with Crippen molar-refractivity contribution in [3.63, 3.8) is 0 Å². The number of nitrogens with zero attached hydrogens (tertiary/aromatic N) is 1. The summed E-state index contributed by atoms with van der Waals surface area (Å²) in [6.45, 7) is 4.71. The molecule has 1 atom stereocenters. The summed E-state index contributed by atoms with van der Waals surface area (Å²) in [6.07, 6.45) is -8.69. The Kier molecular flexibility index (Phi) is 7.40. The highest BCUT2D eigenvalue weighted by Gasteiger charge is 2.44. The van der Waals surface area contributed by atoms with Gasteiger partial charge in [-0.05, 0) is 58.0 Å². The summed E-state index contributed by atoms with van der Waals surface area (Å²) in [5.74, 6) is -2.90. The van der Waals surface area contributed by atoms with E-state index in [-0.39, 0.29) is 11.6 Å². The van der Waals surface area contributed by atoms with Crippen molar-refractivity contribution in [3.05, 3.63) is 64.5 Å². The van der Waals surface area contributed by atoms with E-state index in [0.717, 1.165) is 26.0 Å². The van der Waals surface area contributed by atoms with Crippen molar-refractivity contribution in [1.29, 1.82) is 0 Å². The lowest BCUT2D eigenvalue weighted by atomic mass is 9.86. The SMILES string of the molecule is COc1cc(C(F)(F)F)cc(C(F)(F)F)c1C(=O)NC(c1ccccc1F)C(C)(C)N1CCCC1. The van der Waals surface area contributed by atoms with Crippen molar-refractivity contribution < 1.29 is 40.3 Å². The van der Waals surface area contributed by atoms with Gasteiger partial charge in [-0.1, -0.05) is 18.2 Å². The predicted octanol–water partition coefficient (Wildman–Crippen LogP) is 6.22. The number of carbonyl (C=O) groups excluding carboxylic acids is 1. The largest absolute Gasteiger partial charge is 0.496 e. The highest BCUT2D eigenvalue weighted by atomic mass is 19.4. The summed E-state index contributed by atoms with van der Waals surface area (Å²) >= 11 is 0. The molecule has 192 valence electrons. The summed E-state index contributed by atoms with van der Waals surface area (Å²) in [5, 5.41) is 2.47. The lowest BCUT2D eigenvalue weighted by Crippen LogP contribution is -2.53. The second-order valence-corrected chi connectivity index (χ2v) is 8.87. The maximum atomic E-state index is 14.8. The van der Waals surface area contributed by atoms with Crippen LogP contribution < -0.4 is 10.1 Å². The molecular weight excluding hydrogens is 481 g/mol. The van der Waals surface area contributed by atoms with Gasteiger partial charge in [-0.25, -0.2) is 4.39 Å². The van der Waals surface area contributed by atoms with Crippen LogP contribution in [0, 0.1) is 5.82 Å². The summed E-state index contributed by atoms with van der Waals surface area (Å²) in [4.78, 5) is 15.3.